The van der Waals surface area contributed by atoms with Gasteiger partial charge in [-0.15, -0.1) is 0 Å². The second-order valence-electron chi connectivity index (χ2n) is 3.67. The summed E-state index contributed by atoms with van der Waals surface area (Å²) >= 11 is 1.80. The van der Waals surface area contributed by atoms with Gasteiger partial charge in [0.15, 0.2) is 5.17 Å². The van der Waals surface area contributed by atoms with Crippen molar-refractivity contribution in [3.05, 3.63) is 0 Å². The van der Waals surface area contributed by atoms with Crippen LogP contribution in [0.15, 0.2) is 4.99 Å². The maximum absolute atomic E-state index is 5.64. The first-order chi connectivity index (χ1) is 6.84. The van der Waals surface area contributed by atoms with Gasteiger partial charge in [-0.2, -0.15) is 0 Å². The van der Waals surface area contributed by atoms with E-state index in [0.29, 0.717) is 6.10 Å². The summed E-state index contributed by atoms with van der Waals surface area (Å²) in [7, 11) is 2.14. The van der Waals surface area contributed by atoms with E-state index in [1.165, 1.54) is 0 Å². The van der Waals surface area contributed by atoms with Crippen LogP contribution in [-0.4, -0.2) is 61.8 Å². The zero-order valence-electron chi connectivity index (χ0n) is 8.53. The van der Waals surface area contributed by atoms with Crippen LogP contribution in [0.2, 0.25) is 0 Å². The first-order valence-corrected chi connectivity index (χ1v) is 6.04. The Kier molecular flexibility index (Phi) is 3.67. The largest absolute Gasteiger partial charge is 0.374 e. The van der Waals surface area contributed by atoms with Crippen LogP contribution >= 0.6 is 11.8 Å². The van der Waals surface area contributed by atoms with E-state index >= 15 is 0 Å². The Morgan fingerprint density at radius 1 is 1.71 bits per heavy atom. The molecule has 0 aromatic carbocycles. The lowest BCUT2D eigenvalue weighted by Gasteiger charge is -2.30. The first-order valence-electron chi connectivity index (χ1n) is 5.06. The average Bonchev–Trinajstić information content (AvgIpc) is 2.67. The normalized spacial score (nSPS) is 28.9. The summed E-state index contributed by atoms with van der Waals surface area (Å²) in [6.45, 7) is 4.76. The predicted octanol–water partition coefficient (Wildman–Crippen LogP) is 0.00940. The summed E-state index contributed by atoms with van der Waals surface area (Å²) in [5.74, 6) is 1.12. The quantitative estimate of drug-likeness (QED) is 0.704. The molecule has 0 spiro atoms. The number of nitrogens with one attached hydrogen (secondary N) is 1. The fourth-order valence-corrected chi connectivity index (χ4v) is 2.38. The van der Waals surface area contributed by atoms with E-state index in [1.54, 1.807) is 11.8 Å². The highest BCUT2D eigenvalue weighted by molar-refractivity contribution is 8.14. The zero-order chi connectivity index (χ0) is 9.80. The van der Waals surface area contributed by atoms with Crippen molar-refractivity contribution < 1.29 is 4.74 Å². The van der Waals surface area contributed by atoms with Crippen molar-refractivity contribution in [2.75, 3.05) is 45.6 Å². The van der Waals surface area contributed by atoms with Crippen LogP contribution in [0.5, 0.6) is 0 Å². The van der Waals surface area contributed by atoms with Crippen LogP contribution in [0.25, 0.3) is 0 Å². The molecule has 1 atom stereocenters. The van der Waals surface area contributed by atoms with E-state index in [9.17, 15) is 0 Å². The van der Waals surface area contributed by atoms with E-state index in [4.69, 9.17) is 4.74 Å². The van der Waals surface area contributed by atoms with Gasteiger partial charge in [-0.3, -0.25) is 4.99 Å². The summed E-state index contributed by atoms with van der Waals surface area (Å²) in [4.78, 5) is 6.64. The minimum absolute atomic E-state index is 0.317. The second kappa shape index (κ2) is 5.00. The van der Waals surface area contributed by atoms with Gasteiger partial charge < -0.3 is 15.0 Å². The third kappa shape index (κ3) is 2.87. The maximum Gasteiger partial charge on any atom is 0.156 e. The molecule has 80 valence electrons. The molecule has 2 rings (SSSR count). The molecule has 1 saturated heterocycles. The van der Waals surface area contributed by atoms with Crippen molar-refractivity contribution in [3.63, 3.8) is 0 Å². The molecule has 0 amide bonds. The predicted molar refractivity (Wildman–Crippen MR) is 60.0 cm³/mol. The number of ether oxygens (including phenoxy) is 1. The lowest BCUT2D eigenvalue weighted by molar-refractivity contribution is -0.0159. The summed E-state index contributed by atoms with van der Waals surface area (Å²) in [5.41, 5.74) is 0. The molecule has 1 N–H and O–H groups in total. The van der Waals surface area contributed by atoms with Gasteiger partial charge in [-0.1, -0.05) is 11.8 Å². The molecule has 4 nitrogen and oxygen atoms in total. The van der Waals surface area contributed by atoms with Crippen molar-refractivity contribution in [2.45, 2.75) is 6.10 Å². The monoisotopic (exact) mass is 215 g/mol. The fraction of sp³-hybridized carbons (Fsp3) is 0.889. The lowest BCUT2D eigenvalue weighted by Crippen LogP contribution is -2.45. The molecule has 0 bridgehead atoms. The van der Waals surface area contributed by atoms with Gasteiger partial charge >= 0.3 is 0 Å². The standard InChI is InChI=1S/C9H17N3OS/c1-12-3-4-13-8(7-12)6-11-9-10-2-5-14-9/h8H,2-7H2,1H3,(H,10,11). The van der Waals surface area contributed by atoms with Gasteiger partial charge in [0.25, 0.3) is 0 Å². The molecule has 5 heteroatoms. The molecule has 1 fully saturated rings. The van der Waals surface area contributed by atoms with Gasteiger partial charge in [0.1, 0.15) is 0 Å². The third-order valence-electron chi connectivity index (χ3n) is 2.41. The van der Waals surface area contributed by atoms with Crippen LogP contribution < -0.4 is 5.32 Å². The van der Waals surface area contributed by atoms with Crippen LogP contribution in [0, 0.1) is 0 Å². The van der Waals surface area contributed by atoms with Gasteiger partial charge in [-0.25, -0.2) is 0 Å². The maximum atomic E-state index is 5.64. The fourth-order valence-electron chi connectivity index (χ4n) is 1.63. The van der Waals surface area contributed by atoms with Crippen LogP contribution in [-0.2, 0) is 4.74 Å². The van der Waals surface area contributed by atoms with Gasteiger partial charge in [-0.05, 0) is 7.05 Å². The van der Waals surface area contributed by atoms with E-state index < -0.39 is 0 Å². The van der Waals surface area contributed by atoms with Crippen molar-refractivity contribution in [3.8, 4) is 0 Å². The average molecular weight is 215 g/mol. The van der Waals surface area contributed by atoms with Crippen LogP contribution in [0.3, 0.4) is 0 Å². The zero-order valence-corrected chi connectivity index (χ0v) is 9.35. The Balaban J connectivity index is 1.69. The first kappa shape index (κ1) is 10.3. The van der Waals surface area contributed by atoms with Crippen molar-refractivity contribution in [2.24, 2.45) is 4.99 Å². The molecule has 0 aromatic heterocycles. The van der Waals surface area contributed by atoms with Crippen molar-refractivity contribution in [1.82, 2.24) is 10.2 Å². The highest BCUT2D eigenvalue weighted by Gasteiger charge is 2.18. The number of aliphatic imine (C=N–C) groups is 1. The second-order valence-corrected chi connectivity index (χ2v) is 4.75. The number of thioether (sulfide) groups is 1. The Labute approximate surface area is 89.1 Å². The minimum atomic E-state index is 0.317. The number of amidine groups is 1. The SMILES string of the molecule is CN1CCOC(CNC2=NCCS2)C1. The number of hydrogen-bond donors (Lipinski definition) is 1. The number of morpholine rings is 1. The molecular weight excluding hydrogens is 198 g/mol. The van der Waals surface area contributed by atoms with E-state index in [-0.39, 0.29) is 0 Å². The molecule has 0 aliphatic carbocycles. The van der Waals surface area contributed by atoms with Crippen LogP contribution in [0.4, 0.5) is 0 Å². The molecule has 2 aliphatic heterocycles. The molecular formula is C9H17N3OS. The molecule has 0 radical (unpaired) electrons. The number of hydrogen-bond acceptors (Lipinski definition) is 5. The summed E-state index contributed by atoms with van der Waals surface area (Å²) in [6.07, 6.45) is 0.317. The van der Waals surface area contributed by atoms with Crippen molar-refractivity contribution >= 4 is 16.9 Å². The Bertz CT molecular complexity index is 222. The molecule has 2 heterocycles. The Morgan fingerprint density at radius 3 is 3.36 bits per heavy atom. The van der Waals surface area contributed by atoms with Crippen molar-refractivity contribution in [1.29, 1.82) is 0 Å². The lowest BCUT2D eigenvalue weighted by atomic mass is 10.3. The molecule has 2 aliphatic rings. The third-order valence-corrected chi connectivity index (χ3v) is 3.34. The Morgan fingerprint density at radius 2 is 2.64 bits per heavy atom. The number of likely N-dealkylation sites (N-methyl/N-ethyl adjacent to an activating group) is 1. The van der Waals surface area contributed by atoms with E-state index in [2.05, 4.69) is 22.3 Å². The number of rotatable bonds is 2. The van der Waals surface area contributed by atoms with Gasteiger partial charge in [0, 0.05) is 25.4 Å². The van der Waals surface area contributed by atoms with E-state index in [0.717, 1.165) is 43.7 Å². The smallest absolute Gasteiger partial charge is 0.156 e. The van der Waals surface area contributed by atoms with Gasteiger partial charge in [0.2, 0.25) is 0 Å². The highest BCUT2D eigenvalue weighted by Crippen LogP contribution is 2.09. The Hall–Kier alpha value is -0.260. The summed E-state index contributed by atoms with van der Waals surface area (Å²) < 4.78 is 5.64. The topological polar surface area (TPSA) is 36.9 Å². The highest BCUT2D eigenvalue weighted by atomic mass is 32.2. The van der Waals surface area contributed by atoms with Crippen LogP contribution in [0.1, 0.15) is 0 Å². The summed E-state index contributed by atoms with van der Waals surface area (Å²) in [5, 5.41) is 4.42. The van der Waals surface area contributed by atoms with Gasteiger partial charge in [0.05, 0.1) is 19.3 Å². The molecule has 1 unspecified atom stereocenters. The molecule has 14 heavy (non-hydrogen) atoms. The van der Waals surface area contributed by atoms with E-state index in [1.807, 2.05) is 0 Å². The minimum Gasteiger partial charge on any atom is -0.374 e. The summed E-state index contributed by atoms with van der Waals surface area (Å²) in [6, 6.07) is 0. The molecule has 0 aromatic rings. The number of nitrogens with zero attached hydrogens (tertiary/aromatic N) is 2. The molecule has 0 saturated carbocycles.